The molecule has 1 heterocycles. The van der Waals surface area contributed by atoms with Crippen molar-refractivity contribution in [3.63, 3.8) is 0 Å². The fourth-order valence-electron chi connectivity index (χ4n) is 5.09. The molecule has 1 N–H and O–H groups in total. The molecule has 0 aliphatic heterocycles. The Morgan fingerprint density at radius 1 is 1.04 bits per heavy atom. The van der Waals surface area contributed by atoms with Crippen molar-refractivity contribution in [3.05, 3.63) is 45.7 Å². The lowest BCUT2D eigenvalue weighted by molar-refractivity contribution is -0.140. The fourth-order valence-corrected chi connectivity index (χ4v) is 5.09. The van der Waals surface area contributed by atoms with E-state index < -0.39 is 0 Å². The Bertz CT molecular complexity index is 889. The van der Waals surface area contributed by atoms with E-state index in [4.69, 9.17) is 0 Å². The normalized spacial score (nSPS) is 19.0. The Labute approximate surface area is 167 Å². The van der Waals surface area contributed by atoms with Gasteiger partial charge in [0.25, 0.3) is 5.56 Å². The highest BCUT2D eigenvalue weighted by molar-refractivity contribution is 5.82. The first-order valence-electron chi connectivity index (χ1n) is 11.1. The number of carbonyl (C=O) groups excluding carboxylic acids is 1. The van der Waals surface area contributed by atoms with Gasteiger partial charge >= 0.3 is 0 Å². The number of hydrogen-bond acceptors (Lipinski definition) is 2. The molecule has 2 aromatic rings. The third-order valence-corrected chi connectivity index (χ3v) is 6.76. The number of rotatable bonds is 4. The zero-order valence-electron chi connectivity index (χ0n) is 17.0. The maximum absolute atomic E-state index is 13.4. The van der Waals surface area contributed by atoms with Gasteiger partial charge in [-0.05, 0) is 49.6 Å². The summed E-state index contributed by atoms with van der Waals surface area (Å²) in [5.74, 6) is 0.438. The lowest BCUT2D eigenvalue weighted by Gasteiger charge is -2.37. The summed E-state index contributed by atoms with van der Waals surface area (Å²) < 4.78 is 0. The highest BCUT2D eigenvalue weighted by Crippen LogP contribution is 2.30. The van der Waals surface area contributed by atoms with Crippen LogP contribution in [0.2, 0.25) is 0 Å². The minimum atomic E-state index is -0.0564. The molecule has 0 atom stereocenters. The number of aromatic amines is 1. The van der Waals surface area contributed by atoms with Crippen molar-refractivity contribution in [1.29, 1.82) is 0 Å². The first-order chi connectivity index (χ1) is 13.6. The van der Waals surface area contributed by atoms with Gasteiger partial charge in [0.1, 0.15) is 0 Å². The number of H-pyrrole nitrogens is 1. The second kappa shape index (κ2) is 8.50. The van der Waals surface area contributed by atoms with Crippen LogP contribution in [0.25, 0.3) is 10.9 Å². The van der Waals surface area contributed by atoms with E-state index in [1.54, 1.807) is 0 Å². The molecule has 2 fully saturated rings. The van der Waals surface area contributed by atoms with Crippen LogP contribution in [-0.2, 0) is 11.3 Å². The molecule has 1 aromatic carbocycles. The second-order valence-corrected chi connectivity index (χ2v) is 8.76. The van der Waals surface area contributed by atoms with E-state index >= 15 is 0 Å². The molecule has 1 amide bonds. The molecular formula is C24H32N2O2. The monoisotopic (exact) mass is 380 g/mol. The first kappa shape index (κ1) is 19.2. The molecule has 2 saturated carbocycles. The van der Waals surface area contributed by atoms with Gasteiger partial charge in [0, 0.05) is 17.5 Å². The molecule has 0 spiro atoms. The van der Waals surface area contributed by atoms with Gasteiger partial charge in [-0.25, -0.2) is 0 Å². The summed E-state index contributed by atoms with van der Waals surface area (Å²) in [5, 5.41) is 1.04. The molecule has 1 aromatic heterocycles. The lowest BCUT2D eigenvalue weighted by Crippen LogP contribution is -2.45. The number of aryl methyl sites for hydroxylation is 1. The van der Waals surface area contributed by atoms with Crippen molar-refractivity contribution in [2.45, 2.75) is 83.7 Å². The van der Waals surface area contributed by atoms with Crippen LogP contribution < -0.4 is 5.56 Å². The Hall–Kier alpha value is -2.10. The number of fused-ring (bicyclic) bond motifs is 1. The predicted molar refractivity (Wildman–Crippen MR) is 113 cm³/mol. The molecule has 0 saturated heterocycles. The molecule has 2 aliphatic rings. The average Bonchev–Trinajstić information content (AvgIpc) is 2.74. The van der Waals surface area contributed by atoms with Gasteiger partial charge in [-0.15, -0.1) is 0 Å². The molecule has 0 radical (unpaired) electrons. The second-order valence-electron chi connectivity index (χ2n) is 8.76. The zero-order valence-corrected chi connectivity index (χ0v) is 17.0. The summed E-state index contributed by atoms with van der Waals surface area (Å²) in [6.07, 6.45) is 11.4. The quantitative estimate of drug-likeness (QED) is 0.804. The van der Waals surface area contributed by atoms with Gasteiger partial charge in [-0.1, -0.05) is 56.7 Å². The minimum absolute atomic E-state index is 0.0564. The summed E-state index contributed by atoms with van der Waals surface area (Å²) in [7, 11) is 0. The third kappa shape index (κ3) is 4.01. The van der Waals surface area contributed by atoms with Crippen molar-refractivity contribution in [2.75, 3.05) is 0 Å². The lowest BCUT2D eigenvalue weighted by atomic mass is 9.86. The van der Waals surface area contributed by atoms with Crippen molar-refractivity contribution in [3.8, 4) is 0 Å². The summed E-state index contributed by atoms with van der Waals surface area (Å²) in [4.78, 5) is 31.4. The summed E-state index contributed by atoms with van der Waals surface area (Å²) >= 11 is 0. The number of pyridine rings is 1. The Morgan fingerprint density at radius 3 is 2.43 bits per heavy atom. The van der Waals surface area contributed by atoms with E-state index in [1.807, 2.05) is 31.2 Å². The molecule has 4 heteroatoms. The first-order valence-corrected chi connectivity index (χ1v) is 11.1. The third-order valence-electron chi connectivity index (χ3n) is 6.76. The van der Waals surface area contributed by atoms with Crippen molar-refractivity contribution >= 4 is 16.8 Å². The molecule has 4 nitrogen and oxygen atoms in total. The van der Waals surface area contributed by atoms with Gasteiger partial charge in [0.2, 0.25) is 5.91 Å². The van der Waals surface area contributed by atoms with Gasteiger partial charge in [0.05, 0.1) is 12.1 Å². The van der Waals surface area contributed by atoms with Crippen molar-refractivity contribution in [2.24, 2.45) is 5.92 Å². The van der Waals surface area contributed by atoms with Crippen LogP contribution in [0.3, 0.4) is 0 Å². The van der Waals surface area contributed by atoms with E-state index in [0.29, 0.717) is 12.1 Å². The van der Waals surface area contributed by atoms with E-state index in [2.05, 4.69) is 9.88 Å². The van der Waals surface area contributed by atoms with Crippen LogP contribution >= 0.6 is 0 Å². The number of nitrogens with zero attached hydrogens (tertiary/aromatic N) is 1. The molecule has 0 bridgehead atoms. The van der Waals surface area contributed by atoms with Crippen LogP contribution in [-0.4, -0.2) is 21.8 Å². The van der Waals surface area contributed by atoms with Crippen LogP contribution in [0.5, 0.6) is 0 Å². The number of amides is 1. The van der Waals surface area contributed by atoms with Crippen LogP contribution in [0, 0.1) is 12.8 Å². The van der Waals surface area contributed by atoms with Gasteiger partial charge in [-0.2, -0.15) is 0 Å². The Morgan fingerprint density at radius 2 is 1.71 bits per heavy atom. The van der Waals surface area contributed by atoms with E-state index in [1.165, 1.54) is 25.7 Å². The number of para-hydroxylation sites is 1. The van der Waals surface area contributed by atoms with Gasteiger partial charge in [-0.3, -0.25) is 9.59 Å². The number of aromatic nitrogens is 1. The number of hydrogen-bond donors (Lipinski definition) is 1. The standard InChI is InChI=1S/C24H32N2O2/c1-17-9-8-12-19-15-20(23(27)25-22(17)19)16-26(21-13-6-3-7-14-21)24(28)18-10-4-2-5-11-18/h8-9,12,15,18,21H,2-7,10-11,13-14,16H2,1H3,(H,25,27). The summed E-state index contributed by atoms with van der Waals surface area (Å²) in [5.41, 5.74) is 2.63. The van der Waals surface area contributed by atoms with Crippen LogP contribution in [0.15, 0.2) is 29.1 Å². The molecule has 150 valence electrons. The predicted octanol–water partition coefficient (Wildman–Crippen LogP) is 5.08. The largest absolute Gasteiger partial charge is 0.335 e. The number of benzene rings is 1. The Balaban J connectivity index is 1.64. The highest BCUT2D eigenvalue weighted by Gasteiger charge is 2.31. The van der Waals surface area contributed by atoms with Crippen molar-refractivity contribution < 1.29 is 4.79 Å². The zero-order chi connectivity index (χ0) is 19.5. The number of nitrogens with one attached hydrogen (secondary N) is 1. The number of carbonyl (C=O) groups is 1. The average molecular weight is 381 g/mol. The molecule has 0 unspecified atom stereocenters. The van der Waals surface area contributed by atoms with Crippen LogP contribution in [0.4, 0.5) is 0 Å². The van der Waals surface area contributed by atoms with Gasteiger partial charge < -0.3 is 9.88 Å². The molecule has 28 heavy (non-hydrogen) atoms. The maximum atomic E-state index is 13.4. The maximum Gasteiger partial charge on any atom is 0.253 e. The molecular weight excluding hydrogens is 348 g/mol. The topological polar surface area (TPSA) is 53.2 Å². The smallest absolute Gasteiger partial charge is 0.253 e. The minimum Gasteiger partial charge on any atom is -0.335 e. The fraction of sp³-hybridized carbons (Fsp3) is 0.583. The van der Waals surface area contributed by atoms with Crippen LogP contribution in [0.1, 0.15) is 75.3 Å². The summed E-state index contributed by atoms with van der Waals surface area (Å²) in [6.45, 7) is 2.46. The Kier molecular flexibility index (Phi) is 5.84. The SMILES string of the molecule is Cc1cccc2cc(CN(C(=O)C3CCCCC3)C3CCCCC3)c(=O)[nH]c12. The van der Waals surface area contributed by atoms with E-state index in [9.17, 15) is 9.59 Å². The van der Waals surface area contributed by atoms with E-state index in [0.717, 1.165) is 55.0 Å². The highest BCUT2D eigenvalue weighted by atomic mass is 16.2. The van der Waals surface area contributed by atoms with E-state index in [-0.39, 0.29) is 23.4 Å². The van der Waals surface area contributed by atoms with Crippen molar-refractivity contribution in [1.82, 2.24) is 9.88 Å². The summed E-state index contributed by atoms with van der Waals surface area (Å²) in [6, 6.07) is 8.35. The molecule has 2 aliphatic carbocycles. The van der Waals surface area contributed by atoms with Gasteiger partial charge in [0.15, 0.2) is 0 Å². The molecule has 4 rings (SSSR count).